The van der Waals surface area contributed by atoms with Crippen molar-refractivity contribution < 1.29 is 14.1 Å². The number of nitrogen functional groups attached to an aromatic ring is 1. The zero-order chi connectivity index (χ0) is 20.0. The van der Waals surface area contributed by atoms with Gasteiger partial charge < -0.3 is 10.3 Å². The minimum absolute atomic E-state index is 0.0339. The van der Waals surface area contributed by atoms with Crippen LogP contribution in [0.4, 0.5) is 11.6 Å². The molecule has 0 bridgehead atoms. The standard InChI is InChI=1S/C18H14N6O3S/c1-8-4-13(23-27-8)24-14(25)5-12(18(24)26)28-17-11(7-20)15(9-2-3-9)10(6-19)16(21)22-17/h4,9,12H,2-3,5H2,1H3,(H2,21,22)/t12-/m1/s1. The average molecular weight is 394 g/mol. The van der Waals surface area contributed by atoms with Crippen LogP contribution >= 0.6 is 11.8 Å². The fourth-order valence-corrected chi connectivity index (χ4v) is 4.35. The first-order chi connectivity index (χ1) is 13.4. The van der Waals surface area contributed by atoms with Gasteiger partial charge in [-0.2, -0.15) is 10.5 Å². The van der Waals surface area contributed by atoms with Gasteiger partial charge in [-0.15, -0.1) is 0 Å². The van der Waals surface area contributed by atoms with Gasteiger partial charge in [-0.05, 0) is 31.2 Å². The number of rotatable bonds is 4. The molecule has 2 aliphatic rings. The van der Waals surface area contributed by atoms with Gasteiger partial charge in [0, 0.05) is 12.5 Å². The molecule has 2 N–H and O–H groups in total. The average Bonchev–Trinajstić information content (AvgIpc) is 3.35. The number of hydrogen-bond donors (Lipinski definition) is 1. The Morgan fingerprint density at radius 3 is 2.57 bits per heavy atom. The van der Waals surface area contributed by atoms with Crippen molar-refractivity contribution >= 4 is 35.2 Å². The van der Waals surface area contributed by atoms with Crippen LogP contribution < -0.4 is 10.6 Å². The Morgan fingerprint density at radius 2 is 2.00 bits per heavy atom. The van der Waals surface area contributed by atoms with E-state index in [2.05, 4.69) is 16.2 Å². The number of nitriles is 2. The summed E-state index contributed by atoms with van der Waals surface area (Å²) in [7, 11) is 0. The molecule has 3 heterocycles. The highest BCUT2D eigenvalue weighted by atomic mass is 32.2. The van der Waals surface area contributed by atoms with Crippen molar-refractivity contribution in [1.82, 2.24) is 10.1 Å². The lowest BCUT2D eigenvalue weighted by atomic mass is 10.0. The number of nitrogens with zero attached hydrogens (tertiary/aromatic N) is 5. The highest BCUT2D eigenvalue weighted by Gasteiger charge is 2.43. The Labute approximate surface area is 164 Å². The molecule has 2 fully saturated rings. The van der Waals surface area contributed by atoms with E-state index in [0.717, 1.165) is 29.5 Å². The minimum Gasteiger partial charge on any atom is -0.383 e. The predicted molar refractivity (Wildman–Crippen MR) is 98.0 cm³/mol. The molecule has 1 saturated heterocycles. The van der Waals surface area contributed by atoms with Gasteiger partial charge in [-0.25, -0.2) is 9.88 Å². The number of thioether (sulfide) groups is 1. The second-order valence-corrected chi connectivity index (χ2v) is 7.83. The van der Waals surface area contributed by atoms with Crippen molar-refractivity contribution in [2.75, 3.05) is 10.6 Å². The molecule has 1 aliphatic heterocycles. The number of carbonyl (C=O) groups excluding carboxylic acids is 2. The smallest absolute Gasteiger partial charge is 0.249 e. The van der Waals surface area contributed by atoms with Crippen LogP contribution in [0.15, 0.2) is 15.6 Å². The molecule has 140 valence electrons. The summed E-state index contributed by atoms with van der Waals surface area (Å²) in [5, 5.41) is 22.3. The van der Waals surface area contributed by atoms with Gasteiger partial charge in [-0.3, -0.25) is 9.59 Å². The monoisotopic (exact) mass is 394 g/mol. The van der Waals surface area contributed by atoms with Gasteiger partial charge >= 0.3 is 0 Å². The molecule has 0 unspecified atom stereocenters. The summed E-state index contributed by atoms with van der Waals surface area (Å²) in [4.78, 5) is 30.3. The number of anilines is 2. The van der Waals surface area contributed by atoms with Crippen LogP contribution in [0.1, 0.15) is 47.6 Å². The molecular formula is C18H14N6O3S. The van der Waals surface area contributed by atoms with Crippen molar-refractivity contribution in [3.05, 3.63) is 28.5 Å². The van der Waals surface area contributed by atoms with Gasteiger partial charge in [0.2, 0.25) is 11.8 Å². The Balaban J connectivity index is 1.68. The molecule has 1 aliphatic carbocycles. The van der Waals surface area contributed by atoms with E-state index in [1.165, 1.54) is 6.07 Å². The minimum atomic E-state index is -0.761. The van der Waals surface area contributed by atoms with Crippen molar-refractivity contribution in [2.24, 2.45) is 0 Å². The Kier molecular flexibility index (Phi) is 4.28. The number of nitrogens with two attached hydrogens (primary N) is 1. The second-order valence-electron chi connectivity index (χ2n) is 6.64. The molecule has 28 heavy (non-hydrogen) atoms. The normalized spacial score (nSPS) is 19.0. The summed E-state index contributed by atoms with van der Waals surface area (Å²) in [5.74, 6) is -0.101. The highest BCUT2D eigenvalue weighted by molar-refractivity contribution is 8.00. The third kappa shape index (κ3) is 2.88. The molecule has 0 spiro atoms. The zero-order valence-corrected chi connectivity index (χ0v) is 15.6. The Hall–Kier alpha value is -3.37. The van der Waals surface area contributed by atoms with Crippen LogP contribution in [0.2, 0.25) is 0 Å². The number of hydrogen-bond acceptors (Lipinski definition) is 9. The third-order valence-electron chi connectivity index (χ3n) is 4.64. The van der Waals surface area contributed by atoms with Crippen LogP contribution in [-0.4, -0.2) is 27.2 Å². The first kappa shape index (κ1) is 18.0. The summed E-state index contributed by atoms with van der Waals surface area (Å²) in [6, 6.07) is 5.64. The van der Waals surface area contributed by atoms with Crippen LogP contribution in [0.25, 0.3) is 0 Å². The second kappa shape index (κ2) is 6.66. The van der Waals surface area contributed by atoms with Crippen LogP contribution in [0.5, 0.6) is 0 Å². The SMILES string of the molecule is Cc1cc(N2C(=O)C[C@@H](Sc3nc(N)c(C#N)c(C4CC4)c3C#N)C2=O)no1. The molecule has 1 saturated carbocycles. The Morgan fingerprint density at radius 1 is 1.29 bits per heavy atom. The molecule has 4 rings (SSSR count). The number of carbonyl (C=O) groups is 2. The van der Waals surface area contributed by atoms with Crippen LogP contribution in [0, 0.1) is 29.6 Å². The van der Waals surface area contributed by atoms with Crippen molar-refractivity contribution in [1.29, 1.82) is 10.5 Å². The molecule has 2 aromatic rings. The molecule has 10 heteroatoms. The zero-order valence-electron chi connectivity index (χ0n) is 14.8. The van der Waals surface area contributed by atoms with Crippen molar-refractivity contribution in [3.63, 3.8) is 0 Å². The first-order valence-corrected chi connectivity index (χ1v) is 9.42. The summed E-state index contributed by atoms with van der Waals surface area (Å²) in [6.45, 7) is 1.66. The van der Waals surface area contributed by atoms with Crippen molar-refractivity contribution in [3.8, 4) is 12.1 Å². The fourth-order valence-electron chi connectivity index (χ4n) is 3.22. The van der Waals surface area contributed by atoms with Gasteiger partial charge in [0.15, 0.2) is 5.82 Å². The molecule has 2 aromatic heterocycles. The van der Waals surface area contributed by atoms with Gasteiger partial charge in [0.25, 0.3) is 0 Å². The van der Waals surface area contributed by atoms with Gasteiger partial charge in [0.1, 0.15) is 28.7 Å². The maximum absolute atomic E-state index is 12.8. The summed E-state index contributed by atoms with van der Waals surface area (Å²) < 4.78 is 4.95. The summed E-state index contributed by atoms with van der Waals surface area (Å²) >= 11 is 1.02. The Bertz CT molecular complexity index is 1090. The predicted octanol–water partition coefficient (Wildman–Crippen LogP) is 2.01. The molecular weight excluding hydrogens is 380 g/mol. The third-order valence-corrected chi connectivity index (χ3v) is 5.82. The topological polar surface area (TPSA) is 150 Å². The van der Waals surface area contributed by atoms with E-state index in [1.807, 2.05) is 6.07 Å². The lowest BCUT2D eigenvalue weighted by Gasteiger charge is -2.14. The van der Waals surface area contributed by atoms with E-state index in [1.54, 1.807) is 6.92 Å². The number of imide groups is 1. The lowest BCUT2D eigenvalue weighted by Crippen LogP contribution is -2.31. The maximum atomic E-state index is 12.8. The largest absolute Gasteiger partial charge is 0.383 e. The van der Waals surface area contributed by atoms with E-state index >= 15 is 0 Å². The highest BCUT2D eigenvalue weighted by Crippen LogP contribution is 2.46. The van der Waals surface area contributed by atoms with Crippen molar-refractivity contribution in [2.45, 2.75) is 42.4 Å². The van der Waals surface area contributed by atoms with Gasteiger partial charge in [0.05, 0.1) is 16.4 Å². The lowest BCUT2D eigenvalue weighted by molar-refractivity contribution is -0.121. The number of aromatic nitrogens is 2. The van der Waals surface area contributed by atoms with E-state index in [9.17, 15) is 20.1 Å². The molecule has 0 radical (unpaired) electrons. The van der Waals surface area contributed by atoms with E-state index in [-0.39, 0.29) is 40.1 Å². The van der Waals surface area contributed by atoms with Gasteiger partial charge in [-0.1, -0.05) is 16.9 Å². The van der Waals surface area contributed by atoms with Crippen LogP contribution in [-0.2, 0) is 9.59 Å². The fraction of sp³-hybridized carbons (Fsp3) is 0.333. The number of pyridine rings is 1. The maximum Gasteiger partial charge on any atom is 0.249 e. The summed E-state index contributed by atoms with van der Waals surface area (Å²) in [5.41, 5.74) is 7.01. The number of amides is 2. The molecule has 9 nitrogen and oxygen atoms in total. The first-order valence-electron chi connectivity index (χ1n) is 8.55. The number of aryl methyl sites for hydroxylation is 1. The summed E-state index contributed by atoms with van der Waals surface area (Å²) in [6.07, 6.45) is 1.69. The van der Waals surface area contributed by atoms with E-state index in [4.69, 9.17) is 10.3 Å². The van der Waals surface area contributed by atoms with Crippen LogP contribution in [0.3, 0.4) is 0 Å². The molecule has 0 aromatic carbocycles. The quantitative estimate of drug-likeness (QED) is 0.768. The van der Waals surface area contributed by atoms with E-state index in [0.29, 0.717) is 11.3 Å². The molecule has 1 atom stereocenters. The molecule has 2 amide bonds. The van der Waals surface area contributed by atoms with E-state index < -0.39 is 17.1 Å².